The van der Waals surface area contributed by atoms with Gasteiger partial charge in [-0.05, 0) is 53.5 Å². The van der Waals surface area contributed by atoms with Gasteiger partial charge in [-0.25, -0.2) is 8.78 Å². The second-order valence-electron chi connectivity index (χ2n) is 7.95. The zero-order valence-electron chi connectivity index (χ0n) is 16.6. The lowest BCUT2D eigenvalue weighted by Crippen LogP contribution is -2.45. The predicted octanol–water partition coefficient (Wildman–Crippen LogP) is 2.79. The van der Waals surface area contributed by atoms with Crippen molar-refractivity contribution in [1.82, 2.24) is 14.8 Å². The predicted molar refractivity (Wildman–Crippen MR) is 116 cm³/mol. The van der Waals surface area contributed by atoms with Crippen LogP contribution in [-0.4, -0.2) is 39.5 Å². The van der Waals surface area contributed by atoms with Crippen LogP contribution in [0.15, 0.2) is 23.1 Å². The van der Waals surface area contributed by atoms with Gasteiger partial charge in [-0.1, -0.05) is 6.92 Å². The number of halogens is 3. The zero-order chi connectivity index (χ0) is 22.4. The number of amides is 2. The number of nitrogens with zero attached hydrogens (tertiary/aromatic N) is 2. The highest BCUT2D eigenvalue weighted by Gasteiger charge is 2.38. The van der Waals surface area contributed by atoms with Crippen molar-refractivity contribution >= 4 is 34.4 Å². The molecular weight excluding hydrogens is 523 g/mol. The van der Waals surface area contributed by atoms with Gasteiger partial charge in [0.25, 0.3) is 11.8 Å². The van der Waals surface area contributed by atoms with Crippen LogP contribution in [0.4, 0.5) is 8.78 Å². The molecule has 164 valence electrons. The Balaban J connectivity index is 1.69. The van der Waals surface area contributed by atoms with E-state index in [1.54, 1.807) is 27.5 Å². The Labute approximate surface area is 190 Å². The minimum Gasteiger partial charge on any atom is -0.503 e. The van der Waals surface area contributed by atoms with Crippen LogP contribution in [0.3, 0.4) is 0 Å². The molecule has 0 saturated carbocycles. The number of rotatable bonds is 3. The minimum absolute atomic E-state index is 0.124. The van der Waals surface area contributed by atoms with E-state index in [1.165, 1.54) is 10.8 Å². The standard InChI is InChI=1S/C21H20F2IN3O4/c1-10-3-2-4-26-9-16(10)27-8-13(18(28)19(29)17(27)21(26)31)20(30)25-7-12-14(22)5-11(24)6-15(12)23/h5-6,8,10,16,29H,2-4,7,9H2,1H3,(H,25,30)/t10-,16?/m0/s1. The Hall–Kier alpha value is -2.50. The number of nitrogens with one attached hydrogen (secondary N) is 1. The van der Waals surface area contributed by atoms with Gasteiger partial charge in [-0.15, -0.1) is 0 Å². The van der Waals surface area contributed by atoms with E-state index >= 15 is 0 Å². The van der Waals surface area contributed by atoms with E-state index < -0.39 is 41.2 Å². The molecule has 0 aliphatic carbocycles. The van der Waals surface area contributed by atoms with Crippen molar-refractivity contribution in [2.75, 3.05) is 13.1 Å². The molecular formula is C21H20F2IN3O4. The summed E-state index contributed by atoms with van der Waals surface area (Å²) in [5, 5.41) is 12.8. The largest absolute Gasteiger partial charge is 0.503 e. The fourth-order valence-electron chi connectivity index (χ4n) is 4.25. The Morgan fingerprint density at radius 3 is 2.65 bits per heavy atom. The van der Waals surface area contributed by atoms with Crippen molar-refractivity contribution in [1.29, 1.82) is 0 Å². The summed E-state index contributed by atoms with van der Waals surface area (Å²) in [6, 6.07) is 2.07. The normalized spacial score (nSPS) is 20.3. The average Bonchev–Trinajstić information content (AvgIpc) is 2.87. The van der Waals surface area contributed by atoms with Crippen molar-refractivity contribution < 1.29 is 23.5 Å². The Morgan fingerprint density at radius 1 is 1.29 bits per heavy atom. The summed E-state index contributed by atoms with van der Waals surface area (Å²) in [7, 11) is 0. The lowest BCUT2D eigenvalue weighted by molar-refractivity contribution is 0.0662. The molecule has 2 aliphatic rings. The summed E-state index contributed by atoms with van der Waals surface area (Å²) in [6.07, 6.45) is 2.94. The molecule has 0 spiro atoms. The quantitative estimate of drug-likeness (QED) is 0.583. The molecule has 0 radical (unpaired) electrons. The highest BCUT2D eigenvalue weighted by Crippen LogP contribution is 2.35. The Kier molecular flexibility index (Phi) is 5.75. The minimum atomic E-state index is -0.992. The lowest BCUT2D eigenvalue weighted by atomic mass is 9.95. The molecule has 4 rings (SSSR count). The lowest BCUT2D eigenvalue weighted by Gasteiger charge is -2.36. The fraction of sp³-hybridized carbons (Fsp3) is 0.381. The van der Waals surface area contributed by atoms with Gasteiger partial charge >= 0.3 is 0 Å². The van der Waals surface area contributed by atoms with Gasteiger partial charge in [0, 0.05) is 35.0 Å². The maximum atomic E-state index is 14.1. The summed E-state index contributed by atoms with van der Waals surface area (Å²) < 4.78 is 30.0. The van der Waals surface area contributed by atoms with Crippen LogP contribution in [0.5, 0.6) is 5.75 Å². The molecule has 1 aromatic heterocycles. The molecule has 2 aromatic rings. The molecule has 2 aliphatic heterocycles. The van der Waals surface area contributed by atoms with Crippen LogP contribution in [0.1, 0.15) is 52.2 Å². The van der Waals surface area contributed by atoms with E-state index in [4.69, 9.17) is 0 Å². The number of carbonyl (C=O) groups excluding carboxylic acids is 2. The second kappa shape index (κ2) is 8.21. The number of fused-ring (bicyclic) bond motifs is 4. The van der Waals surface area contributed by atoms with E-state index in [1.807, 2.05) is 6.92 Å². The molecule has 31 heavy (non-hydrogen) atoms. The number of benzene rings is 1. The molecule has 2 atom stereocenters. The maximum absolute atomic E-state index is 14.1. The molecule has 7 nitrogen and oxygen atoms in total. The molecule has 2 amide bonds. The molecule has 2 bridgehead atoms. The van der Waals surface area contributed by atoms with Gasteiger partial charge in [0.15, 0.2) is 11.4 Å². The molecule has 1 unspecified atom stereocenters. The van der Waals surface area contributed by atoms with Crippen LogP contribution in [0, 0.1) is 21.1 Å². The Bertz CT molecular complexity index is 1130. The van der Waals surface area contributed by atoms with Crippen LogP contribution in [-0.2, 0) is 6.54 Å². The molecule has 3 heterocycles. The summed E-state index contributed by atoms with van der Waals surface area (Å²) in [6.45, 7) is 2.52. The first-order chi connectivity index (χ1) is 14.7. The summed E-state index contributed by atoms with van der Waals surface area (Å²) in [5.41, 5.74) is -1.83. The first-order valence-electron chi connectivity index (χ1n) is 9.88. The first kappa shape index (κ1) is 21.7. The summed E-state index contributed by atoms with van der Waals surface area (Å²) >= 11 is 1.77. The van der Waals surface area contributed by atoms with Gasteiger partial charge in [0.05, 0.1) is 6.04 Å². The SMILES string of the molecule is C[C@H]1CCCN2CC1n1cc(C(=O)NCc3c(F)cc(I)cc3F)c(=O)c(O)c1C2=O. The zero-order valence-corrected chi connectivity index (χ0v) is 18.8. The van der Waals surface area contributed by atoms with Crippen LogP contribution < -0.4 is 10.7 Å². The van der Waals surface area contributed by atoms with Gasteiger partial charge in [-0.2, -0.15) is 0 Å². The summed E-state index contributed by atoms with van der Waals surface area (Å²) in [4.78, 5) is 39.7. The van der Waals surface area contributed by atoms with Gasteiger partial charge in [-0.3, -0.25) is 14.4 Å². The molecule has 10 heteroatoms. The monoisotopic (exact) mass is 543 g/mol. The second-order valence-corrected chi connectivity index (χ2v) is 9.19. The van der Waals surface area contributed by atoms with Crippen LogP contribution in [0.2, 0.25) is 0 Å². The number of pyridine rings is 1. The maximum Gasteiger partial charge on any atom is 0.274 e. The number of aromatic hydroxyl groups is 1. The van der Waals surface area contributed by atoms with Crippen molar-refractivity contribution in [3.05, 3.63) is 60.6 Å². The Morgan fingerprint density at radius 2 is 1.97 bits per heavy atom. The molecule has 1 aromatic carbocycles. The topological polar surface area (TPSA) is 91.6 Å². The van der Waals surface area contributed by atoms with E-state index in [0.717, 1.165) is 25.0 Å². The average molecular weight is 543 g/mol. The van der Waals surface area contributed by atoms with Crippen molar-refractivity contribution in [2.45, 2.75) is 32.4 Å². The van der Waals surface area contributed by atoms with Crippen molar-refractivity contribution in [3.8, 4) is 5.75 Å². The van der Waals surface area contributed by atoms with E-state index in [9.17, 15) is 28.3 Å². The number of hydrogen-bond donors (Lipinski definition) is 2. The number of hydrogen-bond acceptors (Lipinski definition) is 4. The number of aromatic nitrogens is 1. The van der Waals surface area contributed by atoms with E-state index in [2.05, 4.69) is 5.32 Å². The summed E-state index contributed by atoms with van der Waals surface area (Å²) in [5.74, 6) is -3.59. The van der Waals surface area contributed by atoms with Gasteiger partial charge in [0.1, 0.15) is 17.2 Å². The third kappa shape index (κ3) is 3.81. The fourth-order valence-corrected chi connectivity index (χ4v) is 4.80. The third-order valence-electron chi connectivity index (χ3n) is 5.99. The first-order valence-corrected chi connectivity index (χ1v) is 11.0. The van der Waals surface area contributed by atoms with Crippen molar-refractivity contribution in [3.63, 3.8) is 0 Å². The molecule has 1 fully saturated rings. The van der Waals surface area contributed by atoms with Crippen LogP contribution >= 0.6 is 22.6 Å². The van der Waals surface area contributed by atoms with Gasteiger partial charge < -0.3 is 19.9 Å². The molecule has 2 N–H and O–H groups in total. The smallest absolute Gasteiger partial charge is 0.274 e. The third-order valence-corrected chi connectivity index (χ3v) is 6.61. The molecule has 1 saturated heterocycles. The van der Waals surface area contributed by atoms with Gasteiger partial charge in [0.2, 0.25) is 5.43 Å². The highest BCUT2D eigenvalue weighted by molar-refractivity contribution is 14.1. The number of carbonyl (C=O) groups is 2. The van der Waals surface area contributed by atoms with E-state index in [0.29, 0.717) is 16.7 Å². The highest BCUT2D eigenvalue weighted by atomic mass is 127. The van der Waals surface area contributed by atoms with Crippen molar-refractivity contribution in [2.24, 2.45) is 5.92 Å². The van der Waals surface area contributed by atoms with Crippen LogP contribution in [0.25, 0.3) is 0 Å². The van der Waals surface area contributed by atoms with E-state index in [-0.39, 0.29) is 28.8 Å².